The van der Waals surface area contributed by atoms with Gasteiger partial charge in [-0.1, -0.05) is 45.3 Å². The summed E-state index contributed by atoms with van der Waals surface area (Å²) in [5.41, 5.74) is 0.110. The molecule has 2 saturated carbocycles. The fraction of sp³-hybridized carbons (Fsp3) is 0.541. The summed E-state index contributed by atoms with van der Waals surface area (Å²) in [7, 11) is -2.32. The molecule has 0 bridgehead atoms. The lowest BCUT2D eigenvalue weighted by molar-refractivity contribution is -0.132. The minimum absolute atomic E-state index is 0.0396. The second-order valence-electron chi connectivity index (χ2n) is 14.1. The van der Waals surface area contributed by atoms with Gasteiger partial charge in [-0.15, -0.1) is 0 Å². The van der Waals surface area contributed by atoms with Crippen molar-refractivity contribution in [2.75, 3.05) is 13.7 Å². The first kappa shape index (κ1) is 36.3. The molecule has 3 aromatic rings. The summed E-state index contributed by atoms with van der Waals surface area (Å²) in [6.45, 7) is 4.16. The smallest absolute Gasteiger partial charge is 0.259 e. The third kappa shape index (κ3) is 8.37. The van der Waals surface area contributed by atoms with E-state index in [-0.39, 0.29) is 43.6 Å². The van der Waals surface area contributed by atoms with Crippen LogP contribution in [0, 0.1) is 5.92 Å². The number of rotatable bonds is 10. The highest BCUT2D eigenvalue weighted by atomic mass is 32.2. The fourth-order valence-corrected chi connectivity index (χ4v) is 8.46. The van der Waals surface area contributed by atoms with E-state index in [1.54, 1.807) is 17.9 Å². The maximum absolute atomic E-state index is 13.9. The molecule has 3 aliphatic rings. The number of benzene rings is 1. The molecule has 3 heterocycles. The Morgan fingerprint density at radius 1 is 1.10 bits per heavy atom. The summed E-state index contributed by atoms with van der Waals surface area (Å²) in [5.74, 6) is -0.0569. The number of pyridine rings is 1. The molecule has 0 spiro atoms. The summed E-state index contributed by atoms with van der Waals surface area (Å²) < 4.78 is 41.9. The van der Waals surface area contributed by atoms with Gasteiger partial charge in [0.15, 0.2) is 5.82 Å². The molecule has 2 fully saturated rings. The minimum Gasteiger partial charge on any atom is -0.497 e. The monoisotopic (exact) mass is 720 g/mol. The van der Waals surface area contributed by atoms with Gasteiger partial charge in [0.2, 0.25) is 21.8 Å². The molecule has 3 atom stereocenters. The van der Waals surface area contributed by atoms with Crippen molar-refractivity contribution in [3.05, 3.63) is 54.4 Å². The molecule has 0 unspecified atom stereocenters. The number of fused-ring (bicyclic) bond motifs is 2. The van der Waals surface area contributed by atoms with Crippen LogP contribution in [0.15, 0.2) is 48.7 Å². The molecular formula is C37H48N6O7S. The van der Waals surface area contributed by atoms with Crippen molar-refractivity contribution in [2.24, 2.45) is 5.92 Å². The number of allylic oxidation sites excluding steroid dienone is 1. The number of carbonyl (C=O) groups is 3. The van der Waals surface area contributed by atoms with E-state index in [2.05, 4.69) is 34.3 Å². The average Bonchev–Trinajstić information content (AvgIpc) is 3.47. The molecule has 2 aliphatic carbocycles. The summed E-state index contributed by atoms with van der Waals surface area (Å²) in [5, 5.41) is 10.5. The highest BCUT2D eigenvalue weighted by Crippen LogP contribution is 2.45. The Kier molecular flexibility index (Phi) is 11.0. The van der Waals surface area contributed by atoms with Crippen molar-refractivity contribution in [2.45, 2.75) is 107 Å². The third-order valence-corrected chi connectivity index (χ3v) is 11.9. The summed E-state index contributed by atoms with van der Waals surface area (Å²) in [6.07, 6.45) is 12.1. The van der Waals surface area contributed by atoms with Gasteiger partial charge in [-0.2, -0.15) is 5.10 Å². The zero-order valence-corrected chi connectivity index (χ0v) is 30.3. The molecule has 0 radical (unpaired) electrons. The average molecular weight is 721 g/mol. The van der Waals surface area contributed by atoms with Crippen molar-refractivity contribution in [1.82, 2.24) is 30.1 Å². The Bertz CT molecular complexity index is 1900. The molecule has 274 valence electrons. The largest absolute Gasteiger partial charge is 0.497 e. The van der Waals surface area contributed by atoms with E-state index >= 15 is 0 Å². The highest BCUT2D eigenvalue weighted by molar-refractivity contribution is 7.90. The Labute approximate surface area is 299 Å². The Balaban J connectivity index is 1.23. The highest BCUT2D eigenvalue weighted by Gasteiger charge is 2.61. The number of nitrogens with one attached hydrogen (secondary N) is 3. The maximum Gasteiger partial charge on any atom is 0.259 e. The van der Waals surface area contributed by atoms with Crippen LogP contribution in [-0.2, 0) is 24.4 Å². The number of amides is 3. The molecule has 1 aromatic carbocycles. The molecule has 13 nitrogen and oxygen atoms in total. The predicted molar refractivity (Wildman–Crippen MR) is 192 cm³/mol. The van der Waals surface area contributed by atoms with E-state index in [9.17, 15) is 22.8 Å². The standard InChI is InChI=1S/C37H48N6O7S/c1-24(2)29-17-19-43(41-29)33-22-32(28-16-15-26(49-3)21-31(28)38-33)50-20-18-30-35(45)40-37(36(46)42-51(47,48)27-12-9-10-13-27)23-25(37)11-7-5-4-6-8-14-34(44)39-30/h7,11,15-17,19,21-22,24-25,27,30H,4-6,8-10,12-14,18,20,23H2,1-3H3,(H,39,44)(H,40,45)(H,42,46)/b11-7-/t25-,30+,37-/m1/s1. The number of ether oxygens (including phenoxy) is 2. The zero-order chi connectivity index (χ0) is 36.2. The summed E-state index contributed by atoms with van der Waals surface area (Å²) in [4.78, 5) is 45.5. The molecule has 1 aliphatic heterocycles. The van der Waals surface area contributed by atoms with E-state index in [4.69, 9.17) is 14.5 Å². The number of carbonyl (C=O) groups excluding carboxylic acids is 3. The van der Waals surface area contributed by atoms with Crippen LogP contribution in [0.25, 0.3) is 16.7 Å². The molecule has 51 heavy (non-hydrogen) atoms. The van der Waals surface area contributed by atoms with Gasteiger partial charge in [-0.3, -0.25) is 19.1 Å². The van der Waals surface area contributed by atoms with Crippen molar-refractivity contribution in [1.29, 1.82) is 0 Å². The molecule has 3 N–H and O–H groups in total. The topological polar surface area (TPSA) is 171 Å². The van der Waals surface area contributed by atoms with Crippen LogP contribution in [-0.4, -0.2) is 71.5 Å². The van der Waals surface area contributed by atoms with Gasteiger partial charge in [-0.05, 0) is 62.6 Å². The second-order valence-corrected chi connectivity index (χ2v) is 16.1. The number of hydrogen-bond donors (Lipinski definition) is 3. The molecule has 3 amide bonds. The summed E-state index contributed by atoms with van der Waals surface area (Å²) in [6, 6.07) is 8.15. The lowest BCUT2D eigenvalue weighted by atomic mass is 10.1. The van der Waals surface area contributed by atoms with E-state index in [0.29, 0.717) is 42.1 Å². The summed E-state index contributed by atoms with van der Waals surface area (Å²) >= 11 is 0. The molecule has 2 aromatic heterocycles. The minimum atomic E-state index is -3.90. The number of nitrogens with zero attached hydrogens (tertiary/aromatic N) is 3. The normalized spacial score (nSPS) is 23.9. The predicted octanol–water partition coefficient (Wildman–Crippen LogP) is 4.59. The van der Waals surface area contributed by atoms with Crippen LogP contribution in [0.1, 0.15) is 96.1 Å². The number of aromatic nitrogens is 3. The van der Waals surface area contributed by atoms with E-state index in [0.717, 1.165) is 43.2 Å². The number of methoxy groups -OCH3 is 1. The molecule has 0 saturated heterocycles. The van der Waals surface area contributed by atoms with Crippen LogP contribution >= 0.6 is 0 Å². The first-order valence-electron chi connectivity index (χ1n) is 18.0. The van der Waals surface area contributed by atoms with Crippen LogP contribution in [0.4, 0.5) is 0 Å². The van der Waals surface area contributed by atoms with Crippen LogP contribution in [0.2, 0.25) is 0 Å². The molecule has 14 heteroatoms. The zero-order valence-electron chi connectivity index (χ0n) is 29.5. The fourth-order valence-electron chi connectivity index (χ4n) is 6.90. The van der Waals surface area contributed by atoms with E-state index in [1.165, 1.54) is 0 Å². The van der Waals surface area contributed by atoms with Gasteiger partial charge in [-0.25, -0.2) is 18.1 Å². The first-order chi connectivity index (χ1) is 24.5. The quantitative estimate of drug-likeness (QED) is 0.254. The van der Waals surface area contributed by atoms with E-state index < -0.39 is 38.7 Å². The maximum atomic E-state index is 13.9. The van der Waals surface area contributed by atoms with E-state index in [1.807, 2.05) is 42.6 Å². The first-order valence-corrected chi connectivity index (χ1v) is 19.6. The van der Waals surface area contributed by atoms with Gasteiger partial charge in [0.05, 0.1) is 30.2 Å². The Morgan fingerprint density at radius 2 is 1.90 bits per heavy atom. The van der Waals surface area contributed by atoms with Gasteiger partial charge in [0, 0.05) is 42.5 Å². The second kappa shape index (κ2) is 15.4. The molecule has 6 rings (SSSR count). The van der Waals surface area contributed by atoms with Crippen LogP contribution in [0.3, 0.4) is 0 Å². The van der Waals surface area contributed by atoms with Gasteiger partial charge in [0.1, 0.15) is 23.1 Å². The van der Waals surface area contributed by atoms with Crippen molar-refractivity contribution >= 4 is 38.6 Å². The van der Waals surface area contributed by atoms with Crippen molar-refractivity contribution in [3.8, 4) is 17.3 Å². The van der Waals surface area contributed by atoms with Gasteiger partial charge < -0.3 is 20.1 Å². The Hall–Kier alpha value is -4.46. The Morgan fingerprint density at radius 3 is 2.65 bits per heavy atom. The van der Waals surface area contributed by atoms with Crippen molar-refractivity contribution in [3.63, 3.8) is 0 Å². The lowest BCUT2D eigenvalue weighted by Gasteiger charge is -2.24. The van der Waals surface area contributed by atoms with Crippen molar-refractivity contribution < 1.29 is 32.3 Å². The number of sulfonamides is 1. The van der Waals surface area contributed by atoms with Gasteiger partial charge >= 0.3 is 0 Å². The van der Waals surface area contributed by atoms with Gasteiger partial charge in [0.25, 0.3) is 5.91 Å². The number of hydrogen-bond acceptors (Lipinski definition) is 9. The third-order valence-electron chi connectivity index (χ3n) is 10.1. The lowest BCUT2D eigenvalue weighted by Crippen LogP contribution is -2.57. The van der Waals surface area contributed by atoms with Crippen LogP contribution in [0.5, 0.6) is 11.5 Å². The van der Waals surface area contributed by atoms with Crippen LogP contribution < -0.4 is 24.8 Å². The molecular weight excluding hydrogens is 673 g/mol. The SMILES string of the molecule is COc1ccc2c(OCC[C@@H]3NC(=O)CCCCC/C=C\[C@@H]4C[C@@]4(C(=O)NS(=O)(=O)C4CCCC4)NC3=O)cc(-n3ccc(C(C)C)n3)nc2c1.